The van der Waals surface area contributed by atoms with Crippen molar-refractivity contribution in [2.75, 3.05) is 0 Å². The molecule has 0 spiro atoms. The Balaban J connectivity index is 1.81. The van der Waals surface area contributed by atoms with E-state index in [0.29, 0.717) is 12.2 Å². The molecule has 0 N–H and O–H groups in total. The molecular formula is C16H20F2. The lowest BCUT2D eigenvalue weighted by Crippen LogP contribution is -2.13. The summed E-state index contributed by atoms with van der Waals surface area (Å²) in [6.07, 6.45) is 8.96. The van der Waals surface area contributed by atoms with E-state index in [9.17, 15) is 8.78 Å². The first-order chi connectivity index (χ1) is 8.79. The van der Waals surface area contributed by atoms with E-state index in [1.165, 1.54) is 31.2 Å². The Labute approximate surface area is 108 Å². The molecule has 1 saturated carbocycles. The summed E-state index contributed by atoms with van der Waals surface area (Å²) in [5.74, 6) is 1.15. The summed E-state index contributed by atoms with van der Waals surface area (Å²) in [5.41, 5.74) is 1.26. The molecule has 1 fully saturated rings. The Hall–Kier alpha value is -1.18. The van der Waals surface area contributed by atoms with Gasteiger partial charge in [-0.3, -0.25) is 0 Å². The van der Waals surface area contributed by atoms with Crippen LogP contribution in [0.1, 0.15) is 50.0 Å². The Morgan fingerprint density at radius 3 is 2.33 bits per heavy atom. The highest BCUT2D eigenvalue weighted by atomic mass is 19.1. The maximum absolute atomic E-state index is 12.9. The van der Waals surface area contributed by atoms with Gasteiger partial charge in [-0.05, 0) is 68.1 Å². The molecule has 0 bridgehead atoms. The van der Waals surface area contributed by atoms with E-state index in [1.54, 1.807) is 18.2 Å². The van der Waals surface area contributed by atoms with Crippen LogP contribution in [0.4, 0.5) is 8.78 Å². The van der Waals surface area contributed by atoms with Crippen LogP contribution < -0.4 is 0 Å². The van der Waals surface area contributed by atoms with E-state index in [4.69, 9.17) is 0 Å². The standard InChI is InChI=1S/C16H20F2/c17-12-2-1-3-13-4-6-14(7-5-13)15-8-10-16(18)11-9-15/h2,8-14H,1,3-7H2/b12-2+. The van der Waals surface area contributed by atoms with Crippen molar-refractivity contribution in [1.82, 2.24) is 0 Å². The van der Waals surface area contributed by atoms with E-state index >= 15 is 0 Å². The van der Waals surface area contributed by atoms with Gasteiger partial charge < -0.3 is 0 Å². The first-order valence-electron chi connectivity index (χ1n) is 6.80. The van der Waals surface area contributed by atoms with Crippen molar-refractivity contribution in [1.29, 1.82) is 0 Å². The van der Waals surface area contributed by atoms with Crippen molar-refractivity contribution >= 4 is 0 Å². The van der Waals surface area contributed by atoms with Gasteiger partial charge in [-0.15, -0.1) is 0 Å². The Bertz CT molecular complexity index is 373. The van der Waals surface area contributed by atoms with Crippen molar-refractivity contribution in [3.63, 3.8) is 0 Å². The molecule has 0 aromatic heterocycles. The fourth-order valence-corrected chi connectivity index (χ4v) is 2.91. The molecule has 2 rings (SSSR count). The molecule has 0 atom stereocenters. The van der Waals surface area contributed by atoms with Gasteiger partial charge in [0.15, 0.2) is 0 Å². The van der Waals surface area contributed by atoms with Crippen LogP contribution in [-0.4, -0.2) is 0 Å². The minimum Gasteiger partial charge on any atom is -0.216 e. The van der Waals surface area contributed by atoms with Crippen molar-refractivity contribution in [3.8, 4) is 0 Å². The van der Waals surface area contributed by atoms with E-state index in [0.717, 1.165) is 18.8 Å². The summed E-state index contributed by atoms with van der Waals surface area (Å²) in [4.78, 5) is 0. The largest absolute Gasteiger partial charge is 0.216 e. The number of benzene rings is 1. The van der Waals surface area contributed by atoms with Gasteiger partial charge in [0.25, 0.3) is 0 Å². The van der Waals surface area contributed by atoms with Crippen LogP contribution in [0.2, 0.25) is 0 Å². The zero-order valence-corrected chi connectivity index (χ0v) is 10.6. The van der Waals surface area contributed by atoms with Gasteiger partial charge in [-0.2, -0.15) is 0 Å². The summed E-state index contributed by atoms with van der Waals surface area (Å²) >= 11 is 0. The number of rotatable bonds is 4. The highest BCUT2D eigenvalue weighted by molar-refractivity contribution is 5.20. The highest BCUT2D eigenvalue weighted by Gasteiger charge is 2.21. The molecule has 0 heterocycles. The highest BCUT2D eigenvalue weighted by Crippen LogP contribution is 2.37. The van der Waals surface area contributed by atoms with Crippen LogP contribution in [0.3, 0.4) is 0 Å². The molecule has 2 heteroatoms. The molecule has 0 radical (unpaired) electrons. The third-order valence-electron chi connectivity index (χ3n) is 4.02. The van der Waals surface area contributed by atoms with Gasteiger partial charge in [0, 0.05) is 0 Å². The predicted octanol–water partition coefficient (Wildman–Crippen LogP) is 5.36. The van der Waals surface area contributed by atoms with Gasteiger partial charge >= 0.3 is 0 Å². The monoisotopic (exact) mass is 250 g/mol. The molecular weight excluding hydrogens is 230 g/mol. The maximum Gasteiger partial charge on any atom is 0.123 e. The van der Waals surface area contributed by atoms with Crippen LogP contribution in [0.25, 0.3) is 0 Å². The first-order valence-corrected chi connectivity index (χ1v) is 6.80. The maximum atomic E-state index is 12.9. The normalized spacial score (nSPS) is 24.6. The van der Waals surface area contributed by atoms with Crippen LogP contribution in [0.5, 0.6) is 0 Å². The molecule has 1 aromatic rings. The minimum absolute atomic E-state index is 0.162. The third kappa shape index (κ3) is 3.66. The summed E-state index contributed by atoms with van der Waals surface area (Å²) in [6, 6.07) is 6.92. The topological polar surface area (TPSA) is 0 Å². The van der Waals surface area contributed by atoms with E-state index in [1.807, 2.05) is 12.1 Å². The first kappa shape index (κ1) is 13.3. The van der Waals surface area contributed by atoms with Crippen LogP contribution in [0, 0.1) is 11.7 Å². The van der Waals surface area contributed by atoms with Crippen molar-refractivity contribution < 1.29 is 8.78 Å². The van der Waals surface area contributed by atoms with Crippen LogP contribution in [0.15, 0.2) is 36.7 Å². The number of hydrogen-bond acceptors (Lipinski definition) is 0. The predicted molar refractivity (Wildman–Crippen MR) is 70.6 cm³/mol. The molecule has 18 heavy (non-hydrogen) atoms. The Kier molecular flexibility index (Phi) is 4.91. The average Bonchev–Trinajstić information content (AvgIpc) is 2.41. The molecule has 0 aliphatic heterocycles. The fraction of sp³-hybridized carbons (Fsp3) is 0.500. The molecule has 0 unspecified atom stereocenters. The fourth-order valence-electron chi connectivity index (χ4n) is 2.91. The molecule has 98 valence electrons. The summed E-state index contributed by atoms with van der Waals surface area (Å²) in [6.45, 7) is 0. The zero-order valence-electron chi connectivity index (χ0n) is 10.6. The Morgan fingerprint density at radius 1 is 1.06 bits per heavy atom. The lowest BCUT2D eigenvalue weighted by molar-refractivity contribution is 0.311. The van der Waals surface area contributed by atoms with E-state index < -0.39 is 0 Å². The van der Waals surface area contributed by atoms with E-state index in [-0.39, 0.29) is 5.82 Å². The van der Waals surface area contributed by atoms with Crippen molar-refractivity contribution in [2.45, 2.75) is 44.4 Å². The number of allylic oxidation sites excluding steroid dienone is 1. The quantitative estimate of drug-likeness (QED) is 0.674. The number of hydrogen-bond donors (Lipinski definition) is 0. The van der Waals surface area contributed by atoms with Gasteiger partial charge in [0.05, 0.1) is 6.33 Å². The lowest BCUT2D eigenvalue weighted by atomic mass is 9.77. The molecule has 0 amide bonds. The minimum atomic E-state index is -0.162. The summed E-state index contributed by atoms with van der Waals surface area (Å²) < 4.78 is 24.7. The van der Waals surface area contributed by atoms with Gasteiger partial charge in [0.1, 0.15) is 5.82 Å². The summed E-state index contributed by atoms with van der Waals surface area (Å²) in [7, 11) is 0. The molecule has 1 aromatic carbocycles. The van der Waals surface area contributed by atoms with Crippen molar-refractivity contribution in [2.24, 2.45) is 5.92 Å². The number of halogens is 2. The second-order valence-electron chi connectivity index (χ2n) is 5.21. The lowest BCUT2D eigenvalue weighted by Gasteiger charge is -2.28. The van der Waals surface area contributed by atoms with Gasteiger partial charge in [0.2, 0.25) is 0 Å². The molecule has 0 saturated heterocycles. The van der Waals surface area contributed by atoms with Crippen molar-refractivity contribution in [3.05, 3.63) is 48.1 Å². The van der Waals surface area contributed by atoms with Gasteiger partial charge in [-0.25, -0.2) is 8.78 Å². The Morgan fingerprint density at radius 2 is 1.72 bits per heavy atom. The average molecular weight is 250 g/mol. The van der Waals surface area contributed by atoms with Gasteiger partial charge in [-0.1, -0.05) is 18.2 Å². The van der Waals surface area contributed by atoms with E-state index in [2.05, 4.69) is 0 Å². The van der Waals surface area contributed by atoms with Crippen LogP contribution in [-0.2, 0) is 0 Å². The second kappa shape index (κ2) is 6.67. The zero-order chi connectivity index (χ0) is 12.8. The molecule has 1 aliphatic rings. The second-order valence-corrected chi connectivity index (χ2v) is 5.21. The molecule has 1 aliphatic carbocycles. The SMILES string of the molecule is F/C=C/CCC1CCC(c2ccc(F)cc2)CC1. The smallest absolute Gasteiger partial charge is 0.123 e. The molecule has 0 nitrogen and oxygen atoms in total. The van der Waals surface area contributed by atoms with Crippen LogP contribution >= 0.6 is 0 Å². The summed E-state index contributed by atoms with van der Waals surface area (Å²) in [5, 5.41) is 0. The third-order valence-corrected chi connectivity index (χ3v) is 4.02.